The minimum atomic E-state index is -3.96. The van der Waals surface area contributed by atoms with Gasteiger partial charge in [-0.2, -0.15) is 13.5 Å². The van der Waals surface area contributed by atoms with E-state index < -0.39 is 74.3 Å². The number of carbonyl (C=O) groups is 2. The van der Waals surface area contributed by atoms with E-state index in [-0.39, 0.29) is 43.7 Å². The van der Waals surface area contributed by atoms with E-state index in [1.165, 1.54) is 25.3 Å². The highest BCUT2D eigenvalue weighted by Gasteiger charge is 2.79. The van der Waals surface area contributed by atoms with Crippen LogP contribution in [0, 0.1) is 28.6 Å². The van der Waals surface area contributed by atoms with Crippen molar-refractivity contribution in [3.05, 3.63) is 47.7 Å². The molecule has 0 bridgehead atoms. The second-order valence-corrected chi connectivity index (χ2v) is 14.1. The van der Waals surface area contributed by atoms with Crippen LogP contribution in [-0.4, -0.2) is 66.9 Å². The fourth-order valence-electron chi connectivity index (χ4n) is 8.74. The maximum absolute atomic E-state index is 17.5. The zero-order valence-corrected chi connectivity index (χ0v) is 23.4. The van der Waals surface area contributed by atoms with Gasteiger partial charge in [-0.1, -0.05) is 13.0 Å². The maximum Gasteiger partial charge on any atom is 0.264 e. The van der Waals surface area contributed by atoms with E-state index in [0.717, 1.165) is 11.8 Å². The van der Waals surface area contributed by atoms with E-state index in [0.29, 0.717) is 6.42 Å². The summed E-state index contributed by atoms with van der Waals surface area (Å²) in [6.07, 6.45) is 4.48. The molecule has 0 radical (unpaired) electrons. The third-order valence-corrected chi connectivity index (χ3v) is 11.0. The van der Waals surface area contributed by atoms with Crippen molar-refractivity contribution in [3.63, 3.8) is 0 Å². The van der Waals surface area contributed by atoms with Gasteiger partial charge in [0.1, 0.15) is 12.4 Å². The Labute approximate surface area is 231 Å². The fourth-order valence-corrected chi connectivity index (χ4v) is 9.07. The number of hydrogen-bond acceptors (Lipinski definition) is 9. The summed E-state index contributed by atoms with van der Waals surface area (Å²) in [4.78, 5) is 32.5. The summed E-state index contributed by atoms with van der Waals surface area (Å²) < 4.78 is 66.8. The fraction of sp³-hybridized carbons (Fsp3) is 0.643. The molecule has 40 heavy (non-hydrogen) atoms. The number of furan rings is 1. The Balaban J connectivity index is 1.43. The topological polar surface area (TPSA) is 123 Å². The molecule has 218 valence electrons. The number of carbonyl (C=O) groups excluding carboxylic acids is 2. The number of aliphatic hydroxyl groups excluding tert-OH is 1. The van der Waals surface area contributed by atoms with Crippen molar-refractivity contribution >= 4 is 21.7 Å². The third kappa shape index (κ3) is 3.65. The average molecular weight is 582 g/mol. The van der Waals surface area contributed by atoms with Crippen LogP contribution in [0.25, 0.3) is 0 Å². The number of hydroxylamine groups is 2. The van der Waals surface area contributed by atoms with Crippen molar-refractivity contribution in [2.24, 2.45) is 28.6 Å². The minimum Gasteiger partial charge on any atom is -0.472 e. The lowest BCUT2D eigenvalue weighted by Gasteiger charge is -2.62. The number of alkyl halides is 1. The highest BCUT2D eigenvalue weighted by molar-refractivity contribution is 7.86. The number of hydrogen-bond donors (Lipinski definition) is 1. The van der Waals surface area contributed by atoms with Gasteiger partial charge in [0.25, 0.3) is 10.1 Å². The third-order valence-electron chi connectivity index (χ3n) is 10.5. The zero-order chi connectivity index (χ0) is 28.9. The van der Waals surface area contributed by atoms with Crippen molar-refractivity contribution in [1.29, 1.82) is 0 Å². The van der Waals surface area contributed by atoms with Crippen LogP contribution in [0.1, 0.15) is 45.1 Å². The molecule has 1 aromatic heterocycles. The summed E-state index contributed by atoms with van der Waals surface area (Å²) in [6.45, 7) is 3.06. The molecule has 12 heteroatoms. The van der Waals surface area contributed by atoms with Gasteiger partial charge in [-0.3, -0.25) is 18.6 Å². The van der Waals surface area contributed by atoms with Crippen molar-refractivity contribution in [2.45, 2.75) is 63.4 Å². The summed E-state index contributed by atoms with van der Waals surface area (Å²) in [5.41, 5.74) is -5.77. The second-order valence-electron chi connectivity index (χ2n) is 12.5. The summed E-state index contributed by atoms with van der Waals surface area (Å²) in [5.74, 6) is -3.59. The normalized spacial score (nSPS) is 42.9. The van der Waals surface area contributed by atoms with Crippen LogP contribution < -0.4 is 0 Å². The van der Waals surface area contributed by atoms with E-state index in [1.54, 1.807) is 24.3 Å². The second kappa shape index (κ2) is 8.87. The molecule has 2 saturated carbocycles. The van der Waals surface area contributed by atoms with E-state index in [9.17, 15) is 23.1 Å². The molecule has 2 heterocycles. The number of allylic oxidation sites excluding steroid dienone is 4. The first-order chi connectivity index (χ1) is 18.7. The van der Waals surface area contributed by atoms with E-state index >= 15 is 8.78 Å². The Hall–Kier alpha value is -2.25. The molecular formula is C28H33F2NO8S. The molecule has 0 spiro atoms. The molecule has 3 fully saturated rings. The first kappa shape index (κ1) is 27.9. The lowest BCUT2D eigenvalue weighted by Crippen LogP contribution is -2.69. The molecule has 6 rings (SSSR count). The maximum atomic E-state index is 17.5. The summed E-state index contributed by atoms with van der Waals surface area (Å²) in [6, 6.07) is 1.75. The van der Waals surface area contributed by atoms with E-state index in [4.69, 9.17) is 13.4 Å². The van der Waals surface area contributed by atoms with E-state index in [1.807, 2.05) is 0 Å². The Morgan fingerprint density at radius 1 is 1.30 bits per heavy atom. The average Bonchev–Trinajstić information content (AvgIpc) is 3.56. The SMILES string of the molecule is C[C@]12C=CC(=O)CC1=C(F)C[C@H]1[C@@H]3C[C@H]4CN(Cc5ccoc5)O[C@@]4(C(=O)COS(C)(=O)=O)[C@@]3(C)C[C@H](O)[C@@]12F. The predicted octanol–water partition coefficient (Wildman–Crippen LogP) is 3.21. The molecule has 1 N–H and O–H groups in total. The van der Waals surface area contributed by atoms with Gasteiger partial charge in [-0.25, -0.2) is 8.78 Å². The molecule has 0 amide bonds. The highest BCUT2D eigenvalue weighted by Crippen LogP contribution is 2.72. The van der Waals surface area contributed by atoms with Crippen LogP contribution in [0.4, 0.5) is 8.78 Å². The highest BCUT2D eigenvalue weighted by atomic mass is 32.2. The van der Waals surface area contributed by atoms with Gasteiger partial charge in [0.05, 0.1) is 31.4 Å². The quantitative estimate of drug-likeness (QED) is 0.505. The van der Waals surface area contributed by atoms with Crippen molar-refractivity contribution in [1.82, 2.24) is 5.06 Å². The Kier molecular flexibility index (Phi) is 6.19. The van der Waals surface area contributed by atoms with Crippen LogP contribution in [-0.2, 0) is 35.3 Å². The standard InChI is InChI=1S/C28H33F2NO8S/c1-25-6-4-18(32)9-21(25)22(29)10-20-19-8-17-13-31(12-16-5-7-37-14-16)39-28(17,24(34)15-38-40(3,35)36)26(19,2)11-23(33)27(20,25)30/h4-7,14,17,19-20,23,33H,8-13,15H2,1-3H3/t17-,19-,20-,23-,25-,26-,27-,28-/m0/s1. The number of nitrogens with zero attached hydrogens (tertiary/aromatic N) is 1. The number of aliphatic hydroxyl groups is 1. The number of fused-ring (bicyclic) bond motifs is 7. The lowest BCUT2D eigenvalue weighted by molar-refractivity contribution is -0.266. The summed E-state index contributed by atoms with van der Waals surface area (Å²) in [5, 5.41) is 13.2. The number of Topliss-reactive ketones (excluding diaryl/α,β-unsaturated/α-hetero) is 1. The summed E-state index contributed by atoms with van der Waals surface area (Å²) >= 11 is 0. The molecule has 1 aromatic rings. The molecule has 0 aromatic carbocycles. The van der Waals surface area contributed by atoms with Crippen LogP contribution >= 0.6 is 0 Å². The molecule has 8 atom stereocenters. The lowest BCUT2D eigenvalue weighted by atomic mass is 9.45. The monoisotopic (exact) mass is 581 g/mol. The molecule has 1 saturated heterocycles. The predicted molar refractivity (Wildman–Crippen MR) is 136 cm³/mol. The number of rotatable bonds is 6. The van der Waals surface area contributed by atoms with E-state index in [2.05, 4.69) is 0 Å². The van der Waals surface area contributed by atoms with Crippen LogP contribution in [0.3, 0.4) is 0 Å². The largest absolute Gasteiger partial charge is 0.472 e. The molecule has 0 unspecified atom stereocenters. The van der Waals surface area contributed by atoms with Crippen molar-refractivity contribution in [3.8, 4) is 0 Å². The van der Waals surface area contributed by atoms with Crippen LogP contribution in [0.15, 0.2) is 46.6 Å². The smallest absolute Gasteiger partial charge is 0.264 e. The first-order valence-electron chi connectivity index (χ1n) is 13.5. The van der Waals surface area contributed by atoms with Crippen LogP contribution in [0.2, 0.25) is 0 Å². The first-order valence-corrected chi connectivity index (χ1v) is 15.3. The number of ketones is 2. The minimum absolute atomic E-state index is 0.0643. The van der Waals surface area contributed by atoms with Gasteiger partial charge in [0.15, 0.2) is 22.8 Å². The molecular weight excluding hydrogens is 548 g/mol. The van der Waals surface area contributed by atoms with Gasteiger partial charge in [-0.15, -0.1) is 0 Å². The Bertz CT molecular complexity index is 1430. The van der Waals surface area contributed by atoms with Gasteiger partial charge in [0.2, 0.25) is 0 Å². The van der Waals surface area contributed by atoms with Crippen molar-refractivity contribution < 1.29 is 45.3 Å². The molecule has 9 nitrogen and oxygen atoms in total. The van der Waals surface area contributed by atoms with Gasteiger partial charge in [-0.05, 0) is 43.4 Å². The zero-order valence-electron chi connectivity index (χ0n) is 22.6. The van der Waals surface area contributed by atoms with Gasteiger partial charge < -0.3 is 9.52 Å². The summed E-state index contributed by atoms with van der Waals surface area (Å²) in [7, 11) is -3.96. The van der Waals surface area contributed by atoms with Gasteiger partial charge >= 0.3 is 0 Å². The Morgan fingerprint density at radius 3 is 2.73 bits per heavy atom. The Morgan fingerprint density at radius 2 is 2.05 bits per heavy atom. The number of halogens is 2. The molecule has 1 aliphatic heterocycles. The molecule has 4 aliphatic carbocycles. The van der Waals surface area contributed by atoms with Crippen molar-refractivity contribution in [2.75, 3.05) is 19.4 Å². The van der Waals surface area contributed by atoms with Gasteiger partial charge in [0, 0.05) is 47.6 Å². The van der Waals surface area contributed by atoms with Crippen LogP contribution in [0.5, 0.6) is 0 Å². The molecule has 5 aliphatic rings.